The Morgan fingerprint density at radius 2 is 1.91 bits per heavy atom. The van der Waals surface area contributed by atoms with E-state index in [1.54, 1.807) is 17.1 Å². The number of nitrogens with one attached hydrogen (secondary N) is 2. The van der Waals surface area contributed by atoms with E-state index in [9.17, 15) is 14.7 Å². The molecular weight excluding hydrogens is 466 g/mol. The third-order valence-electron chi connectivity index (χ3n) is 4.51. The number of hydrogen-bond donors (Lipinski definition) is 3. The molecule has 1 aromatic carbocycles. The summed E-state index contributed by atoms with van der Waals surface area (Å²) >= 11 is 7.02. The van der Waals surface area contributed by atoms with Crippen molar-refractivity contribution in [3.05, 3.63) is 45.6 Å². The molecule has 1 aromatic heterocycles. The first-order valence-corrected chi connectivity index (χ1v) is 11.7. The van der Waals surface area contributed by atoms with E-state index < -0.39 is 17.8 Å². The lowest BCUT2D eigenvalue weighted by Crippen LogP contribution is -2.43. The van der Waals surface area contributed by atoms with Gasteiger partial charge in [-0.1, -0.05) is 11.6 Å². The van der Waals surface area contributed by atoms with Crippen LogP contribution in [-0.2, 0) is 4.74 Å². The number of aliphatic hydroxyl groups is 1. The Kier molecular flexibility index (Phi) is 8.17. The summed E-state index contributed by atoms with van der Waals surface area (Å²) in [5, 5.41) is 22.1. The van der Waals surface area contributed by atoms with Crippen molar-refractivity contribution in [1.82, 2.24) is 10.2 Å². The molecule has 0 fully saturated rings. The van der Waals surface area contributed by atoms with Gasteiger partial charge in [-0.3, -0.25) is 14.7 Å². The average molecular weight is 494 g/mol. The quantitative estimate of drug-likeness (QED) is 0.544. The highest BCUT2D eigenvalue weighted by Crippen LogP contribution is 2.22. The monoisotopic (exact) mass is 493 g/mol. The maximum absolute atomic E-state index is 12.1. The second kappa shape index (κ2) is 10.9. The van der Waals surface area contributed by atoms with E-state index in [0.29, 0.717) is 22.3 Å². The minimum atomic E-state index is -0.755. The molecule has 9 nitrogen and oxygen atoms in total. The number of thiophene rings is 1. The number of rotatable bonds is 7. The molecule has 2 aromatic rings. The van der Waals surface area contributed by atoms with Crippen LogP contribution >= 0.6 is 22.9 Å². The van der Waals surface area contributed by atoms with Crippen LogP contribution in [0.1, 0.15) is 30.4 Å². The van der Waals surface area contributed by atoms with Crippen LogP contribution in [0.4, 0.5) is 16.2 Å². The number of benzene rings is 1. The molecule has 1 aliphatic rings. The van der Waals surface area contributed by atoms with Crippen molar-refractivity contribution >= 4 is 52.7 Å². The van der Waals surface area contributed by atoms with E-state index in [2.05, 4.69) is 15.7 Å². The fraction of sp³-hybridized carbons (Fsp3) is 0.409. The molecule has 2 amide bonds. The van der Waals surface area contributed by atoms with Crippen molar-refractivity contribution < 1.29 is 19.4 Å². The minimum absolute atomic E-state index is 0.121. The number of nitrogens with zero attached hydrogens (tertiary/aromatic N) is 3. The summed E-state index contributed by atoms with van der Waals surface area (Å²) in [5.74, 6) is -0.261. The highest BCUT2D eigenvalue weighted by Gasteiger charge is 2.24. The van der Waals surface area contributed by atoms with E-state index in [-0.39, 0.29) is 19.0 Å². The molecule has 0 bridgehead atoms. The van der Waals surface area contributed by atoms with Gasteiger partial charge in [0.15, 0.2) is 0 Å². The lowest BCUT2D eigenvalue weighted by molar-refractivity contribution is 0.0374. The van der Waals surface area contributed by atoms with Crippen LogP contribution in [0.15, 0.2) is 41.5 Å². The zero-order valence-corrected chi connectivity index (χ0v) is 20.3. The average Bonchev–Trinajstić information content (AvgIpc) is 3.22. The lowest BCUT2D eigenvalue weighted by Gasteiger charge is -2.30. The van der Waals surface area contributed by atoms with Crippen LogP contribution in [0.2, 0.25) is 4.34 Å². The highest BCUT2D eigenvalue weighted by molar-refractivity contribution is 7.18. The number of carbonyl (C=O) groups is 2. The number of carbonyl (C=O) groups excluding carboxylic acids is 2. The fourth-order valence-corrected chi connectivity index (χ4v) is 3.85. The number of halogens is 1. The molecule has 0 spiro atoms. The van der Waals surface area contributed by atoms with E-state index in [1.165, 1.54) is 22.6 Å². The largest absolute Gasteiger partial charge is 0.443 e. The Morgan fingerprint density at radius 3 is 2.48 bits per heavy atom. The molecule has 3 N–H and O–H groups in total. The van der Waals surface area contributed by atoms with Crippen molar-refractivity contribution in [2.45, 2.75) is 32.5 Å². The summed E-state index contributed by atoms with van der Waals surface area (Å²) in [5.41, 5.74) is 1.15. The molecule has 3 rings (SSSR count). The smallest absolute Gasteiger partial charge is 0.415 e. The number of hydrogen-bond acceptors (Lipinski definition) is 8. The second-order valence-electron chi connectivity index (χ2n) is 8.42. The van der Waals surface area contributed by atoms with E-state index in [1.807, 2.05) is 45.0 Å². The van der Waals surface area contributed by atoms with Crippen molar-refractivity contribution in [2.24, 2.45) is 5.10 Å². The van der Waals surface area contributed by atoms with Gasteiger partial charge in [-0.2, -0.15) is 5.10 Å². The Morgan fingerprint density at radius 1 is 1.18 bits per heavy atom. The summed E-state index contributed by atoms with van der Waals surface area (Å²) in [6.07, 6.45) is 0.299. The van der Waals surface area contributed by atoms with Gasteiger partial charge in [0, 0.05) is 25.3 Å². The number of hydrazone groups is 1. The van der Waals surface area contributed by atoms with Gasteiger partial charge in [0.25, 0.3) is 5.91 Å². The van der Waals surface area contributed by atoms with Gasteiger partial charge >= 0.3 is 6.09 Å². The van der Waals surface area contributed by atoms with Gasteiger partial charge in [0.2, 0.25) is 0 Å². The summed E-state index contributed by atoms with van der Waals surface area (Å²) in [6.45, 7) is 6.87. The number of anilines is 2. The zero-order chi connectivity index (χ0) is 24.0. The van der Waals surface area contributed by atoms with Gasteiger partial charge in [-0.05, 0) is 57.2 Å². The van der Waals surface area contributed by atoms with Crippen LogP contribution in [0, 0.1) is 0 Å². The number of amides is 2. The molecule has 0 saturated carbocycles. The summed E-state index contributed by atoms with van der Waals surface area (Å²) in [6, 6.07) is 10.9. The molecule has 1 atom stereocenters. The van der Waals surface area contributed by atoms with E-state index in [0.717, 1.165) is 11.4 Å². The van der Waals surface area contributed by atoms with Crippen LogP contribution in [0.25, 0.3) is 0 Å². The molecule has 11 heteroatoms. The zero-order valence-electron chi connectivity index (χ0n) is 18.7. The van der Waals surface area contributed by atoms with Crippen LogP contribution < -0.4 is 15.6 Å². The predicted molar refractivity (Wildman–Crippen MR) is 131 cm³/mol. The lowest BCUT2D eigenvalue weighted by atomic mass is 10.2. The molecule has 0 radical (unpaired) electrons. The van der Waals surface area contributed by atoms with Gasteiger partial charge in [0.1, 0.15) is 11.9 Å². The first kappa shape index (κ1) is 24.8. The topological polar surface area (TPSA) is 106 Å². The maximum Gasteiger partial charge on any atom is 0.415 e. The van der Waals surface area contributed by atoms with Crippen molar-refractivity contribution in [2.75, 3.05) is 36.5 Å². The van der Waals surface area contributed by atoms with Crippen molar-refractivity contribution in [1.29, 1.82) is 0 Å². The predicted octanol–water partition coefficient (Wildman–Crippen LogP) is 3.60. The third-order valence-corrected chi connectivity index (χ3v) is 5.74. The van der Waals surface area contributed by atoms with Crippen LogP contribution in [0.5, 0.6) is 0 Å². The molecule has 33 heavy (non-hydrogen) atoms. The molecule has 2 heterocycles. The maximum atomic E-state index is 12.1. The van der Waals surface area contributed by atoms with Crippen LogP contribution in [-0.4, -0.2) is 66.2 Å². The Hall–Kier alpha value is -2.82. The molecule has 1 aliphatic heterocycles. The van der Waals surface area contributed by atoms with E-state index in [4.69, 9.17) is 16.3 Å². The summed E-state index contributed by atoms with van der Waals surface area (Å²) < 4.78 is 5.90. The van der Waals surface area contributed by atoms with Gasteiger partial charge < -0.3 is 20.5 Å². The summed E-state index contributed by atoms with van der Waals surface area (Å²) in [4.78, 5) is 26.1. The first-order valence-electron chi connectivity index (χ1n) is 10.5. The highest BCUT2D eigenvalue weighted by atomic mass is 35.5. The van der Waals surface area contributed by atoms with Gasteiger partial charge in [0.05, 0.1) is 27.5 Å². The van der Waals surface area contributed by atoms with Gasteiger partial charge in [-0.25, -0.2) is 4.79 Å². The van der Waals surface area contributed by atoms with Crippen molar-refractivity contribution in [3.63, 3.8) is 0 Å². The minimum Gasteiger partial charge on any atom is -0.443 e. The standard InChI is InChI=1S/C22H28ClN5O4S/c1-22(2,3)32-21(31)27-10-11-28(26-14-27)16-6-4-15(5-7-16)24-12-17(29)13-25-20(30)18-8-9-19(23)33-18/h4-9,14,17,24,29H,10-13H2,1-3H3,(H,25,30). The SMILES string of the molecule is CC(C)(C)OC(=O)N1C=NN(c2ccc(NCC(O)CNC(=O)c3ccc(Cl)s3)cc2)CC1. The molecule has 0 aliphatic carbocycles. The number of ether oxygens (including phenoxy) is 1. The third kappa shape index (κ3) is 7.62. The van der Waals surface area contributed by atoms with Crippen molar-refractivity contribution in [3.8, 4) is 0 Å². The second-order valence-corrected chi connectivity index (χ2v) is 10.1. The number of aliphatic hydroxyl groups excluding tert-OH is 1. The first-order chi connectivity index (χ1) is 15.6. The molecule has 0 saturated heterocycles. The molecule has 178 valence electrons. The van der Waals surface area contributed by atoms with Crippen LogP contribution in [0.3, 0.4) is 0 Å². The molecule has 1 unspecified atom stereocenters. The molecular formula is C22H28ClN5O4S. The Balaban J connectivity index is 1.43. The summed E-state index contributed by atoms with van der Waals surface area (Å²) in [7, 11) is 0. The Bertz CT molecular complexity index is 989. The Labute approximate surface area is 202 Å². The van der Waals surface area contributed by atoms with Gasteiger partial charge in [-0.15, -0.1) is 11.3 Å². The fourth-order valence-electron chi connectivity index (χ4n) is 2.89. The van der Waals surface area contributed by atoms with E-state index >= 15 is 0 Å². The normalized spacial score (nSPS) is 14.7.